The van der Waals surface area contributed by atoms with Gasteiger partial charge in [-0.25, -0.2) is 0 Å². The third kappa shape index (κ3) is 4.87. The summed E-state index contributed by atoms with van der Waals surface area (Å²) in [4.78, 5) is 9.32. The maximum Gasteiger partial charge on any atom is 0.241 e. The molecule has 0 bridgehead atoms. The summed E-state index contributed by atoms with van der Waals surface area (Å²) in [5.74, 6) is 1.35. The van der Waals surface area contributed by atoms with Crippen molar-refractivity contribution in [3.8, 4) is 11.4 Å². The van der Waals surface area contributed by atoms with E-state index in [-0.39, 0.29) is 0 Å². The third-order valence-corrected chi connectivity index (χ3v) is 4.18. The first-order chi connectivity index (χ1) is 11.7. The number of hydrogen-bond donors (Lipinski definition) is 0. The van der Waals surface area contributed by atoms with Gasteiger partial charge in [0, 0.05) is 38.3 Å². The van der Waals surface area contributed by atoms with Gasteiger partial charge in [0.2, 0.25) is 11.7 Å². The molecule has 1 aromatic carbocycles. The number of rotatable bonds is 7. The standard InChI is InChI=1S/C18H26N4O2/c1-15(2)23-13-12-21-8-10-22(11-9-21)14-17-19-18(20-24-17)16-6-4-3-5-7-16/h3-7,15H,8-14H2,1-2H3. The number of nitrogens with zero attached hydrogens (tertiary/aromatic N) is 4. The van der Waals surface area contributed by atoms with Crippen LogP contribution in [0.25, 0.3) is 11.4 Å². The SMILES string of the molecule is CC(C)OCCN1CCN(Cc2nc(-c3ccccc3)no2)CC1. The highest BCUT2D eigenvalue weighted by atomic mass is 16.5. The van der Waals surface area contributed by atoms with Gasteiger partial charge in [-0.1, -0.05) is 35.5 Å². The molecular formula is C18H26N4O2. The molecule has 1 fully saturated rings. The topological polar surface area (TPSA) is 54.6 Å². The van der Waals surface area contributed by atoms with Crippen LogP contribution in [-0.2, 0) is 11.3 Å². The van der Waals surface area contributed by atoms with Gasteiger partial charge in [0.1, 0.15) is 0 Å². The minimum absolute atomic E-state index is 0.308. The highest BCUT2D eigenvalue weighted by Crippen LogP contribution is 2.16. The molecule has 6 heteroatoms. The third-order valence-electron chi connectivity index (χ3n) is 4.18. The summed E-state index contributed by atoms with van der Waals surface area (Å²) in [6.45, 7) is 10.8. The van der Waals surface area contributed by atoms with E-state index in [4.69, 9.17) is 9.26 Å². The van der Waals surface area contributed by atoms with Crippen LogP contribution in [0.5, 0.6) is 0 Å². The lowest BCUT2D eigenvalue weighted by molar-refractivity contribution is 0.0423. The second-order valence-electron chi connectivity index (χ2n) is 6.42. The quantitative estimate of drug-likeness (QED) is 0.776. The Morgan fingerprint density at radius 1 is 1.08 bits per heavy atom. The van der Waals surface area contributed by atoms with Crippen molar-refractivity contribution in [2.75, 3.05) is 39.3 Å². The van der Waals surface area contributed by atoms with Crippen LogP contribution in [0.3, 0.4) is 0 Å². The van der Waals surface area contributed by atoms with Gasteiger partial charge in [-0.15, -0.1) is 0 Å². The van der Waals surface area contributed by atoms with Gasteiger partial charge in [0.25, 0.3) is 0 Å². The van der Waals surface area contributed by atoms with Crippen LogP contribution in [0.15, 0.2) is 34.9 Å². The molecule has 2 heterocycles. The summed E-state index contributed by atoms with van der Waals surface area (Å²) in [6.07, 6.45) is 0.308. The zero-order chi connectivity index (χ0) is 16.8. The van der Waals surface area contributed by atoms with Gasteiger partial charge < -0.3 is 9.26 Å². The molecule has 1 aliphatic rings. The molecule has 0 N–H and O–H groups in total. The van der Waals surface area contributed by atoms with E-state index in [2.05, 4.69) is 33.8 Å². The lowest BCUT2D eigenvalue weighted by Crippen LogP contribution is -2.46. The van der Waals surface area contributed by atoms with E-state index >= 15 is 0 Å². The maximum atomic E-state index is 5.62. The summed E-state index contributed by atoms with van der Waals surface area (Å²) in [5.41, 5.74) is 0.988. The van der Waals surface area contributed by atoms with Crippen molar-refractivity contribution < 1.29 is 9.26 Å². The Balaban J connectivity index is 1.44. The highest BCUT2D eigenvalue weighted by molar-refractivity contribution is 5.53. The molecule has 0 atom stereocenters. The number of benzene rings is 1. The normalized spacial score (nSPS) is 16.8. The maximum absolute atomic E-state index is 5.62. The number of hydrogen-bond acceptors (Lipinski definition) is 6. The van der Waals surface area contributed by atoms with E-state index in [1.165, 1.54) is 0 Å². The molecule has 0 saturated carbocycles. The molecule has 6 nitrogen and oxygen atoms in total. The van der Waals surface area contributed by atoms with Crippen molar-refractivity contribution in [3.63, 3.8) is 0 Å². The van der Waals surface area contributed by atoms with E-state index in [1.54, 1.807) is 0 Å². The predicted molar refractivity (Wildman–Crippen MR) is 92.5 cm³/mol. The second kappa shape index (κ2) is 8.37. The van der Waals surface area contributed by atoms with E-state index in [0.29, 0.717) is 17.8 Å². The minimum atomic E-state index is 0.308. The van der Waals surface area contributed by atoms with Crippen molar-refractivity contribution in [2.24, 2.45) is 0 Å². The van der Waals surface area contributed by atoms with Crippen molar-refractivity contribution >= 4 is 0 Å². The minimum Gasteiger partial charge on any atom is -0.377 e. The molecule has 130 valence electrons. The smallest absolute Gasteiger partial charge is 0.241 e. The molecule has 0 aliphatic carbocycles. The molecule has 1 aromatic heterocycles. The van der Waals surface area contributed by atoms with Crippen LogP contribution in [0.4, 0.5) is 0 Å². The average molecular weight is 330 g/mol. The van der Waals surface area contributed by atoms with Crippen LogP contribution < -0.4 is 0 Å². The monoisotopic (exact) mass is 330 g/mol. The summed E-state index contributed by atoms with van der Waals surface area (Å²) < 4.78 is 11.0. The fourth-order valence-corrected chi connectivity index (χ4v) is 2.80. The fraction of sp³-hybridized carbons (Fsp3) is 0.556. The van der Waals surface area contributed by atoms with Crippen LogP contribution in [0.2, 0.25) is 0 Å². The van der Waals surface area contributed by atoms with Crippen LogP contribution >= 0.6 is 0 Å². The van der Waals surface area contributed by atoms with E-state index < -0.39 is 0 Å². The zero-order valence-electron chi connectivity index (χ0n) is 14.5. The molecular weight excluding hydrogens is 304 g/mol. The highest BCUT2D eigenvalue weighted by Gasteiger charge is 2.19. The molecule has 3 rings (SSSR count). The molecule has 2 aromatic rings. The molecule has 24 heavy (non-hydrogen) atoms. The number of piperazine rings is 1. The van der Waals surface area contributed by atoms with Crippen LogP contribution in [0, 0.1) is 0 Å². The Hall–Kier alpha value is -1.76. The first kappa shape index (κ1) is 17.1. The summed E-state index contributed by atoms with van der Waals surface area (Å²) in [6, 6.07) is 9.93. The van der Waals surface area contributed by atoms with Crippen molar-refractivity contribution in [1.29, 1.82) is 0 Å². The molecule has 1 saturated heterocycles. The summed E-state index contributed by atoms with van der Waals surface area (Å²) in [5, 5.41) is 4.08. The Kier molecular flexibility index (Phi) is 5.96. The average Bonchev–Trinajstić information content (AvgIpc) is 3.05. The molecule has 0 amide bonds. The molecule has 0 spiro atoms. The van der Waals surface area contributed by atoms with Gasteiger partial charge in [0.05, 0.1) is 19.3 Å². The molecule has 0 radical (unpaired) electrons. The molecule has 0 unspecified atom stereocenters. The Bertz CT molecular complexity index is 606. The summed E-state index contributed by atoms with van der Waals surface area (Å²) in [7, 11) is 0. The van der Waals surface area contributed by atoms with E-state index in [9.17, 15) is 0 Å². The van der Waals surface area contributed by atoms with Crippen LogP contribution in [0.1, 0.15) is 19.7 Å². The number of aromatic nitrogens is 2. The number of ether oxygens (including phenoxy) is 1. The van der Waals surface area contributed by atoms with E-state index in [1.807, 2.05) is 30.3 Å². The Morgan fingerprint density at radius 3 is 2.50 bits per heavy atom. The molecule has 1 aliphatic heterocycles. The predicted octanol–water partition coefficient (Wildman–Crippen LogP) is 2.28. The first-order valence-corrected chi connectivity index (χ1v) is 8.65. The van der Waals surface area contributed by atoms with Gasteiger partial charge in [0.15, 0.2) is 0 Å². The van der Waals surface area contributed by atoms with Gasteiger partial charge >= 0.3 is 0 Å². The van der Waals surface area contributed by atoms with Gasteiger partial charge in [-0.05, 0) is 13.8 Å². The van der Waals surface area contributed by atoms with Crippen molar-refractivity contribution in [1.82, 2.24) is 19.9 Å². The Labute approximate surface area is 143 Å². The Morgan fingerprint density at radius 2 is 1.79 bits per heavy atom. The van der Waals surface area contributed by atoms with Gasteiger partial charge in [-0.2, -0.15) is 4.98 Å². The van der Waals surface area contributed by atoms with Crippen molar-refractivity contribution in [3.05, 3.63) is 36.2 Å². The largest absolute Gasteiger partial charge is 0.377 e. The van der Waals surface area contributed by atoms with E-state index in [0.717, 1.165) is 51.4 Å². The first-order valence-electron chi connectivity index (χ1n) is 8.65. The van der Waals surface area contributed by atoms with Gasteiger partial charge in [-0.3, -0.25) is 9.80 Å². The lowest BCUT2D eigenvalue weighted by atomic mass is 10.2. The van der Waals surface area contributed by atoms with Crippen molar-refractivity contribution in [2.45, 2.75) is 26.5 Å². The zero-order valence-corrected chi connectivity index (χ0v) is 14.5. The lowest BCUT2D eigenvalue weighted by Gasteiger charge is -2.33. The second-order valence-corrected chi connectivity index (χ2v) is 6.42. The van der Waals surface area contributed by atoms with Crippen LogP contribution in [-0.4, -0.2) is 65.4 Å². The fourth-order valence-electron chi connectivity index (χ4n) is 2.80. The summed E-state index contributed by atoms with van der Waals surface area (Å²) >= 11 is 0.